The van der Waals surface area contributed by atoms with Gasteiger partial charge in [0.25, 0.3) is 0 Å². The largest absolute Gasteiger partial charge is 0.466 e. The molecule has 0 aromatic carbocycles. The van der Waals surface area contributed by atoms with Gasteiger partial charge in [-0.1, -0.05) is 431 Å². The molecule has 0 aliphatic carbocycles. The molecule has 0 saturated carbocycles. The number of aliphatic hydroxyl groups excluding tert-OH is 2. The molecule has 0 fully saturated rings. The highest BCUT2D eigenvalue weighted by Crippen LogP contribution is 2.21. The summed E-state index contributed by atoms with van der Waals surface area (Å²) < 4.78 is 5.52. The van der Waals surface area contributed by atoms with Gasteiger partial charge in [-0.2, -0.15) is 0 Å². The zero-order valence-electron chi connectivity index (χ0n) is 58.4. The Morgan fingerprint density at radius 1 is 0.282 bits per heavy atom. The molecule has 2 atom stereocenters. The highest BCUT2D eigenvalue weighted by Gasteiger charge is 2.20. The molecule has 0 heterocycles. The summed E-state index contributed by atoms with van der Waals surface area (Å²) in [6, 6.07) is -0.537. The van der Waals surface area contributed by atoms with Crippen molar-refractivity contribution in [1.29, 1.82) is 0 Å². The van der Waals surface area contributed by atoms with Crippen LogP contribution in [-0.2, 0) is 14.3 Å². The standard InChI is InChI=1S/C79H157NO5/c1-3-5-7-9-11-13-15-17-19-21-37-41-45-49-53-57-61-65-69-73-79(84)85-74-70-66-62-58-54-50-46-42-39-36-34-32-30-28-26-24-22-23-25-27-29-31-33-35-38-40-44-48-52-56-60-64-68-72-78(83)80-76(75-81)77(82)71-67-63-59-55-51-47-43-20-18-16-14-12-10-8-6-4-2/h76-77,81-82H,3-75H2,1-2H3,(H,80,83). The summed E-state index contributed by atoms with van der Waals surface area (Å²) >= 11 is 0. The number of esters is 1. The van der Waals surface area contributed by atoms with E-state index < -0.39 is 12.1 Å². The van der Waals surface area contributed by atoms with Crippen LogP contribution in [-0.4, -0.2) is 47.4 Å². The number of amides is 1. The number of carbonyl (C=O) groups excluding carboxylic acids is 2. The number of unbranched alkanes of at least 4 members (excludes halogenated alkanes) is 65. The van der Waals surface area contributed by atoms with Gasteiger partial charge in [-0.15, -0.1) is 0 Å². The highest BCUT2D eigenvalue weighted by atomic mass is 16.5. The molecule has 0 aromatic heterocycles. The number of nitrogens with one attached hydrogen (secondary N) is 1. The van der Waals surface area contributed by atoms with Crippen LogP contribution in [0.25, 0.3) is 0 Å². The van der Waals surface area contributed by atoms with Gasteiger partial charge in [0.1, 0.15) is 0 Å². The van der Waals surface area contributed by atoms with Crippen molar-refractivity contribution in [3.8, 4) is 0 Å². The van der Waals surface area contributed by atoms with Crippen LogP contribution in [0.1, 0.15) is 470 Å². The molecule has 0 spiro atoms. The number of rotatable bonds is 76. The number of aliphatic hydroxyl groups is 2. The molecule has 0 rings (SSSR count). The van der Waals surface area contributed by atoms with Crippen molar-refractivity contribution in [1.82, 2.24) is 5.32 Å². The molecular formula is C79H157NO5. The van der Waals surface area contributed by atoms with Crippen LogP contribution < -0.4 is 5.32 Å². The van der Waals surface area contributed by atoms with Crippen LogP contribution in [0.4, 0.5) is 0 Å². The third kappa shape index (κ3) is 71.8. The van der Waals surface area contributed by atoms with E-state index in [0.717, 1.165) is 38.5 Å². The van der Waals surface area contributed by atoms with E-state index in [9.17, 15) is 19.8 Å². The molecule has 508 valence electrons. The Labute approximate surface area is 534 Å². The number of hydrogen-bond donors (Lipinski definition) is 3. The topological polar surface area (TPSA) is 95.9 Å². The smallest absolute Gasteiger partial charge is 0.305 e. The molecule has 1 amide bonds. The second-order valence-corrected chi connectivity index (χ2v) is 27.8. The summed E-state index contributed by atoms with van der Waals surface area (Å²) in [6.45, 7) is 5.02. The zero-order chi connectivity index (χ0) is 61.3. The van der Waals surface area contributed by atoms with Gasteiger partial charge in [-0.25, -0.2) is 0 Å². The summed E-state index contributed by atoms with van der Waals surface area (Å²) in [5.41, 5.74) is 0. The van der Waals surface area contributed by atoms with Gasteiger partial charge in [0.2, 0.25) is 5.91 Å². The predicted octanol–water partition coefficient (Wildman–Crippen LogP) is 26.1. The van der Waals surface area contributed by atoms with Crippen LogP contribution >= 0.6 is 0 Å². The van der Waals surface area contributed by atoms with E-state index in [2.05, 4.69) is 19.2 Å². The third-order valence-corrected chi connectivity index (χ3v) is 19.2. The Balaban J connectivity index is 3.29. The number of carbonyl (C=O) groups is 2. The van der Waals surface area contributed by atoms with Gasteiger partial charge in [-0.3, -0.25) is 9.59 Å². The van der Waals surface area contributed by atoms with Gasteiger partial charge in [-0.05, 0) is 25.7 Å². The highest BCUT2D eigenvalue weighted by molar-refractivity contribution is 5.76. The lowest BCUT2D eigenvalue weighted by Crippen LogP contribution is -2.45. The second kappa shape index (κ2) is 75.3. The monoisotopic (exact) mass is 1200 g/mol. The van der Waals surface area contributed by atoms with Crippen LogP contribution in [0, 0.1) is 0 Å². The van der Waals surface area contributed by atoms with E-state index in [1.807, 2.05) is 0 Å². The van der Waals surface area contributed by atoms with E-state index in [1.54, 1.807) is 0 Å². The van der Waals surface area contributed by atoms with E-state index >= 15 is 0 Å². The van der Waals surface area contributed by atoms with Crippen molar-refractivity contribution >= 4 is 11.9 Å². The number of hydrogen-bond acceptors (Lipinski definition) is 5. The molecular weight excluding hydrogens is 1040 g/mol. The minimum Gasteiger partial charge on any atom is -0.466 e. The lowest BCUT2D eigenvalue weighted by atomic mass is 10.0. The Kier molecular flexibility index (Phi) is 74.3. The van der Waals surface area contributed by atoms with Crippen molar-refractivity contribution in [2.24, 2.45) is 0 Å². The van der Waals surface area contributed by atoms with Crippen molar-refractivity contribution < 1.29 is 24.5 Å². The molecule has 3 N–H and O–H groups in total. The van der Waals surface area contributed by atoms with E-state index in [-0.39, 0.29) is 18.5 Å². The molecule has 2 unspecified atom stereocenters. The fourth-order valence-corrected chi connectivity index (χ4v) is 13.1. The van der Waals surface area contributed by atoms with Crippen LogP contribution in [0.3, 0.4) is 0 Å². The third-order valence-electron chi connectivity index (χ3n) is 19.2. The molecule has 0 aliphatic rings. The fraction of sp³-hybridized carbons (Fsp3) is 0.975. The molecule has 0 bridgehead atoms. The van der Waals surface area contributed by atoms with Gasteiger partial charge in [0.15, 0.2) is 0 Å². The Bertz CT molecular complexity index is 1240. The van der Waals surface area contributed by atoms with Crippen molar-refractivity contribution in [3.05, 3.63) is 0 Å². The zero-order valence-corrected chi connectivity index (χ0v) is 58.4. The molecule has 0 saturated heterocycles. The van der Waals surface area contributed by atoms with Crippen molar-refractivity contribution in [2.75, 3.05) is 13.2 Å². The summed E-state index contributed by atoms with van der Waals surface area (Å²) in [7, 11) is 0. The van der Waals surface area contributed by atoms with Crippen LogP contribution in [0.2, 0.25) is 0 Å². The molecule has 0 radical (unpaired) electrons. The minimum absolute atomic E-state index is 0.0255. The van der Waals surface area contributed by atoms with Crippen LogP contribution in [0.5, 0.6) is 0 Å². The van der Waals surface area contributed by atoms with E-state index in [4.69, 9.17) is 4.74 Å². The Hall–Kier alpha value is -1.14. The van der Waals surface area contributed by atoms with Gasteiger partial charge < -0.3 is 20.3 Å². The predicted molar refractivity (Wildman–Crippen MR) is 375 cm³/mol. The van der Waals surface area contributed by atoms with Crippen LogP contribution in [0.15, 0.2) is 0 Å². The van der Waals surface area contributed by atoms with E-state index in [0.29, 0.717) is 25.9 Å². The molecule has 6 nitrogen and oxygen atoms in total. The molecule has 85 heavy (non-hydrogen) atoms. The van der Waals surface area contributed by atoms with Gasteiger partial charge >= 0.3 is 5.97 Å². The van der Waals surface area contributed by atoms with Gasteiger partial charge in [0, 0.05) is 12.8 Å². The average Bonchev–Trinajstić information content (AvgIpc) is 3.51. The average molecular weight is 1200 g/mol. The first-order chi connectivity index (χ1) is 42.0. The quantitative estimate of drug-likeness (QED) is 0.0417. The SMILES string of the molecule is CCCCCCCCCCCCCCCCCCCCCC(=O)OCCCCCCCCCCCCCCCCCCCCCCCCCCCCCCCCCCCC(=O)NC(CO)C(O)CCCCCCCCCCCCCCCCCC. The van der Waals surface area contributed by atoms with E-state index in [1.165, 1.54) is 398 Å². The maximum absolute atomic E-state index is 12.5. The summed E-state index contributed by atoms with van der Waals surface area (Å²) in [5, 5.41) is 23.4. The van der Waals surface area contributed by atoms with Crippen molar-refractivity contribution in [2.45, 2.75) is 482 Å². The minimum atomic E-state index is -0.660. The molecule has 0 aromatic rings. The molecule has 6 heteroatoms. The summed E-state index contributed by atoms with van der Waals surface area (Å²) in [6.07, 6.45) is 93.4. The second-order valence-electron chi connectivity index (χ2n) is 27.8. The maximum Gasteiger partial charge on any atom is 0.305 e. The Morgan fingerprint density at radius 2 is 0.482 bits per heavy atom. The number of ether oxygens (including phenoxy) is 1. The fourth-order valence-electron chi connectivity index (χ4n) is 13.1. The first-order valence-electron chi connectivity index (χ1n) is 39.8. The summed E-state index contributed by atoms with van der Waals surface area (Å²) in [4.78, 5) is 24.7. The summed E-state index contributed by atoms with van der Waals surface area (Å²) in [5.74, 6) is 0.00257. The Morgan fingerprint density at radius 3 is 0.718 bits per heavy atom. The van der Waals surface area contributed by atoms with Crippen molar-refractivity contribution in [3.63, 3.8) is 0 Å². The maximum atomic E-state index is 12.5. The normalized spacial score (nSPS) is 12.4. The first kappa shape index (κ1) is 83.9. The lowest BCUT2D eigenvalue weighted by Gasteiger charge is -2.22. The first-order valence-corrected chi connectivity index (χ1v) is 39.8. The van der Waals surface area contributed by atoms with Gasteiger partial charge in [0.05, 0.1) is 25.4 Å². The lowest BCUT2D eigenvalue weighted by molar-refractivity contribution is -0.143. The molecule has 0 aliphatic heterocycles.